The van der Waals surface area contributed by atoms with Crippen molar-refractivity contribution in [3.63, 3.8) is 0 Å². The quantitative estimate of drug-likeness (QED) is 0.834. The molecular weight excluding hydrogens is 284 g/mol. The zero-order chi connectivity index (χ0) is 16.7. The number of methoxy groups -OCH3 is 2. The van der Waals surface area contributed by atoms with Crippen molar-refractivity contribution in [3.05, 3.63) is 18.2 Å². The predicted molar refractivity (Wildman–Crippen MR) is 85.4 cm³/mol. The SMILES string of the molecule is COc1ccc(N(CC(=O)NCC(C)C)C(C)=O)cc1OC. The molecule has 0 aromatic heterocycles. The van der Waals surface area contributed by atoms with E-state index in [4.69, 9.17) is 9.47 Å². The minimum absolute atomic E-state index is 0.0302. The molecule has 122 valence electrons. The normalized spacial score (nSPS) is 10.3. The van der Waals surface area contributed by atoms with Crippen molar-refractivity contribution >= 4 is 17.5 Å². The van der Waals surface area contributed by atoms with Gasteiger partial charge in [0, 0.05) is 25.2 Å². The fourth-order valence-corrected chi connectivity index (χ4v) is 1.89. The number of nitrogens with zero attached hydrogens (tertiary/aromatic N) is 1. The zero-order valence-electron chi connectivity index (χ0n) is 13.8. The van der Waals surface area contributed by atoms with E-state index in [1.807, 2.05) is 13.8 Å². The molecule has 0 radical (unpaired) electrons. The minimum Gasteiger partial charge on any atom is -0.493 e. The lowest BCUT2D eigenvalue weighted by Gasteiger charge is -2.22. The lowest BCUT2D eigenvalue weighted by atomic mass is 10.2. The van der Waals surface area contributed by atoms with E-state index in [9.17, 15) is 9.59 Å². The summed E-state index contributed by atoms with van der Waals surface area (Å²) >= 11 is 0. The van der Waals surface area contributed by atoms with Gasteiger partial charge in [0.1, 0.15) is 6.54 Å². The minimum atomic E-state index is -0.216. The summed E-state index contributed by atoms with van der Waals surface area (Å²) in [6.45, 7) is 6.00. The van der Waals surface area contributed by atoms with E-state index in [0.717, 1.165) is 0 Å². The van der Waals surface area contributed by atoms with E-state index in [0.29, 0.717) is 29.6 Å². The van der Waals surface area contributed by atoms with Gasteiger partial charge in [-0.25, -0.2) is 0 Å². The number of anilines is 1. The largest absolute Gasteiger partial charge is 0.493 e. The molecule has 1 rings (SSSR count). The van der Waals surface area contributed by atoms with E-state index < -0.39 is 0 Å². The fourth-order valence-electron chi connectivity index (χ4n) is 1.89. The summed E-state index contributed by atoms with van der Waals surface area (Å²) < 4.78 is 10.4. The Morgan fingerprint density at radius 1 is 1.18 bits per heavy atom. The Morgan fingerprint density at radius 3 is 2.32 bits per heavy atom. The highest BCUT2D eigenvalue weighted by molar-refractivity contribution is 5.97. The van der Waals surface area contributed by atoms with Crippen molar-refractivity contribution in [2.45, 2.75) is 20.8 Å². The number of ether oxygens (including phenoxy) is 2. The first-order valence-corrected chi connectivity index (χ1v) is 7.15. The number of benzene rings is 1. The number of rotatable bonds is 7. The van der Waals surface area contributed by atoms with Crippen LogP contribution in [-0.4, -0.2) is 39.1 Å². The van der Waals surface area contributed by atoms with E-state index in [1.165, 1.54) is 18.9 Å². The van der Waals surface area contributed by atoms with Crippen LogP contribution in [0.5, 0.6) is 11.5 Å². The highest BCUT2D eigenvalue weighted by atomic mass is 16.5. The molecule has 2 amide bonds. The molecule has 1 aromatic carbocycles. The van der Waals surface area contributed by atoms with Crippen LogP contribution in [0.4, 0.5) is 5.69 Å². The van der Waals surface area contributed by atoms with Crippen LogP contribution in [0.3, 0.4) is 0 Å². The molecule has 0 saturated carbocycles. The van der Waals surface area contributed by atoms with Crippen molar-refractivity contribution in [1.82, 2.24) is 5.32 Å². The topological polar surface area (TPSA) is 67.9 Å². The van der Waals surface area contributed by atoms with Gasteiger partial charge in [-0.1, -0.05) is 13.8 Å². The lowest BCUT2D eigenvalue weighted by molar-refractivity contribution is -0.123. The summed E-state index contributed by atoms with van der Waals surface area (Å²) in [5.41, 5.74) is 0.588. The third-order valence-electron chi connectivity index (χ3n) is 3.07. The highest BCUT2D eigenvalue weighted by Crippen LogP contribution is 2.31. The van der Waals surface area contributed by atoms with Crippen LogP contribution in [0.2, 0.25) is 0 Å². The first-order valence-electron chi connectivity index (χ1n) is 7.15. The molecule has 0 bridgehead atoms. The molecule has 0 spiro atoms. The van der Waals surface area contributed by atoms with Crippen LogP contribution in [-0.2, 0) is 9.59 Å². The summed E-state index contributed by atoms with van der Waals surface area (Å²) in [6, 6.07) is 5.10. The fraction of sp³-hybridized carbons (Fsp3) is 0.500. The number of carbonyl (C=O) groups is 2. The Labute approximate surface area is 131 Å². The Kier molecular flexibility index (Phi) is 6.69. The molecule has 1 N–H and O–H groups in total. The zero-order valence-corrected chi connectivity index (χ0v) is 13.8. The van der Waals surface area contributed by atoms with Gasteiger partial charge < -0.3 is 19.7 Å². The van der Waals surface area contributed by atoms with Crippen LogP contribution in [0.1, 0.15) is 20.8 Å². The van der Waals surface area contributed by atoms with Gasteiger partial charge in [0.25, 0.3) is 0 Å². The van der Waals surface area contributed by atoms with Crippen LogP contribution < -0.4 is 19.7 Å². The monoisotopic (exact) mass is 308 g/mol. The Balaban J connectivity index is 2.91. The van der Waals surface area contributed by atoms with Crippen LogP contribution >= 0.6 is 0 Å². The van der Waals surface area contributed by atoms with E-state index >= 15 is 0 Å². The number of hydrogen-bond donors (Lipinski definition) is 1. The molecule has 0 aliphatic heterocycles. The summed E-state index contributed by atoms with van der Waals surface area (Å²) in [7, 11) is 3.06. The van der Waals surface area contributed by atoms with Crippen molar-refractivity contribution in [2.75, 3.05) is 32.2 Å². The second-order valence-corrected chi connectivity index (χ2v) is 5.34. The van der Waals surface area contributed by atoms with Gasteiger partial charge in [-0.05, 0) is 18.1 Å². The number of carbonyl (C=O) groups excluding carboxylic acids is 2. The summed E-state index contributed by atoms with van der Waals surface area (Å²) in [5, 5.41) is 2.80. The molecule has 0 aliphatic carbocycles. The third-order valence-corrected chi connectivity index (χ3v) is 3.07. The Bertz CT molecular complexity index is 529. The predicted octanol–water partition coefficient (Wildman–Crippen LogP) is 1.83. The lowest BCUT2D eigenvalue weighted by Crippen LogP contribution is -2.40. The van der Waals surface area contributed by atoms with Crippen LogP contribution in [0, 0.1) is 5.92 Å². The highest BCUT2D eigenvalue weighted by Gasteiger charge is 2.17. The average Bonchev–Trinajstić information content (AvgIpc) is 2.49. The molecule has 22 heavy (non-hydrogen) atoms. The molecule has 6 nitrogen and oxygen atoms in total. The van der Waals surface area contributed by atoms with Gasteiger partial charge in [-0.2, -0.15) is 0 Å². The smallest absolute Gasteiger partial charge is 0.240 e. The van der Waals surface area contributed by atoms with Crippen LogP contribution in [0.15, 0.2) is 18.2 Å². The number of amides is 2. The Morgan fingerprint density at radius 2 is 1.82 bits per heavy atom. The maximum Gasteiger partial charge on any atom is 0.240 e. The molecule has 0 atom stereocenters. The second-order valence-electron chi connectivity index (χ2n) is 5.34. The van der Waals surface area contributed by atoms with E-state index in [1.54, 1.807) is 25.3 Å². The van der Waals surface area contributed by atoms with Crippen molar-refractivity contribution < 1.29 is 19.1 Å². The first kappa shape index (κ1) is 17.8. The number of nitrogens with one attached hydrogen (secondary N) is 1. The van der Waals surface area contributed by atoms with E-state index in [-0.39, 0.29) is 18.4 Å². The molecule has 0 saturated heterocycles. The average molecular weight is 308 g/mol. The van der Waals surface area contributed by atoms with Gasteiger partial charge in [-0.15, -0.1) is 0 Å². The maximum absolute atomic E-state index is 12.0. The summed E-state index contributed by atoms with van der Waals surface area (Å²) in [6.07, 6.45) is 0. The summed E-state index contributed by atoms with van der Waals surface area (Å²) in [4.78, 5) is 25.2. The molecule has 0 unspecified atom stereocenters. The van der Waals surface area contributed by atoms with Gasteiger partial charge >= 0.3 is 0 Å². The molecule has 0 fully saturated rings. The summed E-state index contributed by atoms with van der Waals surface area (Å²) in [5.74, 6) is 1.02. The molecular formula is C16H24N2O4. The maximum atomic E-state index is 12.0. The first-order chi connectivity index (χ1) is 10.4. The van der Waals surface area contributed by atoms with Crippen LogP contribution in [0.25, 0.3) is 0 Å². The molecule has 6 heteroatoms. The standard InChI is InChI=1S/C16H24N2O4/c1-11(2)9-17-16(20)10-18(12(3)19)13-6-7-14(21-4)15(8-13)22-5/h6-8,11H,9-10H2,1-5H3,(H,17,20). The van der Waals surface area contributed by atoms with Crippen molar-refractivity contribution in [1.29, 1.82) is 0 Å². The molecule has 0 heterocycles. The van der Waals surface area contributed by atoms with Gasteiger partial charge in [0.05, 0.1) is 14.2 Å². The van der Waals surface area contributed by atoms with Gasteiger partial charge in [-0.3, -0.25) is 9.59 Å². The number of hydrogen-bond acceptors (Lipinski definition) is 4. The Hall–Kier alpha value is -2.24. The second kappa shape index (κ2) is 8.26. The third kappa shape index (κ3) is 4.95. The molecule has 1 aromatic rings. The van der Waals surface area contributed by atoms with Crippen molar-refractivity contribution in [2.24, 2.45) is 5.92 Å². The van der Waals surface area contributed by atoms with Crippen molar-refractivity contribution in [3.8, 4) is 11.5 Å². The molecule has 0 aliphatic rings. The van der Waals surface area contributed by atoms with Gasteiger partial charge in [0.2, 0.25) is 11.8 Å². The van der Waals surface area contributed by atoms with E-state index in [2.05, 4.69) is 5.32 Å². The van der Waals surface area contributed by atoms with Gasteiger partial charge in [0.15, 0.2) is 11.5 Å².